The number of hydrogen-bond donors (Lipinski definition) is 1. The highest BCUT2D eigenvalue weighted by Gasteiger charge is 2.14. The second-order valence-electron chi connectivity index (χ2n) is 9.20. The molecule has 3 aromatic carbocycles. The molecular formula is C32H29Cl2N3O2. The molecule has 1 heterocycles. The fourth-order valence-electron chi connectivity index (χ4n) is 4.36. The molecule has 0 radical (unpaired) electrons. The monoisotopic (exact) mass is 557 g/mol. The van der Waals surface area contributed by atoms with Gasteiger partial charge in [0.1, 0.15) is 24.0 Å². The van der Waals surface area contributed by atoms with Crippen LogP contribution in [0.2, 0.25) is 10.0 Å². The van der Waals surface area contributed by atoms with Crippen molar-refractivity contribution in [3.63, 3.8) is 0 Å². The Balaban J connectivity index is 1.40. The summed E-state index contributed by atoms with van der Waals surface area (Å²) in [6.07, 6.45) is 3.32. The quantitative estimate of drug-likeness (QED) is 0.124. The number of nitrogens with one attached hydrogen (secondary N) is 1. The maximum Gasteiger partial charge on any atom is 0.261 e. The van der Waals surface area contributed by atoms with Gasteiger partial charge in [-0.2, -0.15) is 5.26 Å². The fraction of sp³-hybridized carbons (Fsp3) is 0.188. The van der Waals surface area contributed by atoms with E-state index in [0.29, 0.717) is 28.9 Å². The molecule has 4 aromatic rings. The average Bonchev–Trinajstić information content (AvgIpc) is 3.22. The number of aromatic nitrogens is 1. The average molecular weight is 559 g/mol. The number of hydrogen-bond acceptors (Lipinski definition) is 3. The van der Waals surface area contributed by atoms with Crippen LogP contribution in [0.5, 0.6) is 5.75 Å². The summed E-state index contributed by atoms with van der Waals surface area (Å²) < 4.78 is 7.98. The van der Waals surface area contributed by atoms with E-state index >= 15 is 0 Å². The molecule has 0 bridgehead atoms. The van der Waals surface area contributed by atoms with Crippen molar-refractivity contribution in [2.24, 2.45) is 0 Å². The van der Waals surface area contributed by atoms with Gasteiger partial charge in [-0.25, -0.2) is 0 Å². The molecule has 1 N–H and O–H groups in total. The Morgan fingerprint density at radius 1 is 1.03 bits per heavy atom. The number of nitrogens with zero attached hydrogens (tertiary/aromatic N) is 2. The fourth-order valence-corrected chi connectivity index (χ4v) is 4.82. The summed E-state index contributed by atoms with van der Waals surface area (Å²) in [6, 6.07) is 27.2. The van der Waals surface area contributed by atoms with Gasteiger partial charge in [0.25, 0.3) is 5.91 Å². The molecule has 1 amide bonds. The highest BCUT2D eigenvalue weighted by molar-refractivity contribution is 6.35. The Labute approximate surface area is 239 Å². The highest BCUT2D eigenvalue weighted by Crippen LogP contribution is 2.26. The number of aryl methyl sites for hydroxylation is 2. The summed E-state index contributed by atoms with van der Waals surface area (Å²) in [4.78, 5) is 12.7. The van der Waals surface area contributed by atoms with Gasteiger partial charge in [-0.15, -0.1) is 0 Å². The minimum absolute atomic E-state index is 0.0829. The van der Waals surface area contributed by atoms with Crippen LogP contribution in [0, 0.1) is 25.2 Å². The lowest BCUT2D eigenvalue weighted by Crippen LogP contribution is -2.25. The minimum atomic E-state index is -0.363. The van der Waals surface area contributed by atoms with Gasteiger partial charge in [0.15, 0.2) is 0 Å². The number of halogens is 2. The Bertz CT molecular complexity index is 1520. The molecule has 0 aliphatic heterocycles. The first-order valence-electron chi connectivity index (χ1n) is 12.7. The maximum absolute atomic E-state index is 12.7. The smallest absolute Gasteiger partial charge is 0.261 e. The van der Waals surface area contributed by atoms with E-state index in [1.807, 2.05) is 68.4 Å². The molecular weight excluding hydrogens is 529 g/mol. The van der Waals surface area contributed by atoms with Crippen molar-refractivity contribution < 1.29 is 9.53 Å². The molecule has 4 rings (SSSR count). The molecule has 0 aliphatic carbocycles. The molecule has 7 heteroatoms. The zero-order valence-corrected chi connectivity index (χ0v) is 23.4. The van der Waals surface area contributed by atoms with Crippen LogP contribution in [0.25, 0.3) is 11.8 Å². The molecule has 0 aliphatic rings. The van der Waals surface area contributed by atoms with Crippen LogP contribution in [0.15, 0.2) is 84.4 Å². The SMILES string of the molecule is Cc1cc(/C=C(/C#N)C(=O)NCCCc2ccccc2)c(C)n1-c1ccc(OCc2ccc(Cl)cc2Cl)cc1. The van der Waals surface area contributed by atoms with Crippen molar-refractivity contribution in [2.45, 2.75) is 33.3 Å². The molecule has 0 saturated carbocycles. The van der Waals surface area contributed by atoms with Gasteiger partial charge >= 0.3 is 0 Å². The lowest BCUT2D eigenvalue weighted by atomic mass is 10.1. The summed E-state index contributed by atoms with van der Waals surface area (Å²) in [7, 11) is 0. The van der Waals surface area contributed by atoms with E-state index in [4.69, 9.17) is 27.9 Å². The van der Waals surface area contributed by atoms with Crippen LogP contribution in [0.3, 0.4) is 0 Å². The molecule has 198 valence electrons. The van der Waals surface area contributed by atoms with E-state index in [2.05, 4.69) is 28.1 Å². The van der Waals surface area contributed by atoms with E-state index in [-0.39, 0.29) is 11.5 Å². The topological polar surface area (TPSA) is 67.0 Å². The second-order valence-corrected chi connectivity index (χ2v) is 10.0. The zero-order chi connectivity index (χ0) is 27.8. The van der Waals surface area contributed by atoms with Crippen LogP contribution in [-0.2, 0) is 17.8 Å². The van der Waals surface area contributed by atoms with Gasteiger partial charge in [-0.1, -0.05) is 59.6 Å². The lowest BCUT2D eigenvalue weighted by Gasteiger charge is -2.12. The number of nitriles is 1. The first-order chi connectivity index (χ1) is 18.9. The molecule has 0 fully saturated rings. The number of carbonyl (C=O) groups is 1. The number of carbonyl (C=O) groups excluding carboxylic acids is 1. The molecule has 0 spiro atoms. The minimum Gasteiger partial charge on any atom is -0.489 e. The van der Waals surface area contributed by atoms with Crippen LogP contribution in [0.4, 0.5) is 0 Å². The van der Waals surface area contributed by atoms with Gasteiger partial charge in [-0.3, -0.25) is 4.79 Å². The van der Waals surface area contributed by atoms with Crippen molar-refractivity contribution in [3.8, 4) is 17.5 Å². The van der Waals surface area contributed by atoms with Gasteiger partial charge in [0.05, 0.1) is 0 Å². The van der Waals surface area contributed by atoms with E-state index in [0.717, 1.165) is 41.0 Å². The Morgan fingerprint density at radius 3 is 2.46 bits per heavy atom. The molecule has 39 heavy (non-hydrogen) atoms. The number of rotatable bonds is 10. The number of benzene rings is 3. The van der Waals surface area contributed by atoms with Gasteiger partial charge in [0.2, 0.25) is 0 Å². The third kappa shape index (κ3) is 7.32. The van der Waals surface area contributed by atoms with Crippen molar-refractivity contribution in [1.82, 2.24) is 9.88 Å². The predicted molar refractivity (Wildman–Crippen MR) is 157 cm³/mol. The Morgan fingerprint density at radius 2 is 1.77 bits per heavy atom. The molecule has 5 nitrogen and oxygen atoms in total. The van der Waals surface area contributed by atoms with Crippen LogP contribution >= 0.6 is 23.2 Å². The van der Waals surface area contributed by atoms with E-state index in [9.17, 15) is 10.1 Å². The van der Waals surface area contributed by atoms with Gasteiger partial charge in [-0.05, 0) is 86.4 Å². The summed E-state index contributed by atoms with van der Waals surface area (Å²) in [5.74, 6) is 0.348. The van der Waals surface area contributed by atoms with Gasteiger partial charge in [0, 0.05) is 39.2 Å². The summed E-state index contributed by atoms with van der Waals surface area (Å²) in [5.41, 5.74) is 5.85. The van der Waals surface area contributed by atoms with Crippen molar-refractivity contribution >= 4 is 35.2 Å². The summed E-state index contributed by atoms with van der Waals surface area (Å²) in [5, 5.41) is 13.7. The third-order valence-corrected chi connectivity index (χ3v) is 7.00. The first-order valence-corrected chi connectivity index (χ1v) is 13.4. The Hall–Kier alpha value is -3.98. The predicted octanol–water partition coefficient (Wildman–Crippen LogP) is 7.64. The lowest BCUT2D eigenvalue weighted by molar-refractivity contribution is -0.117. The standard InChI is InChI=1S/C32H29Cl2N3O2/c1-22-17-26(18-27(20-35)32(38)36-16-6-9-24-7-4-3-5-8-24)23(2)37(22)29-12-14-30(15-13-29)39-21-25-10-11-28(33)19-31(25)34/h3-5,7-8,10-15,17-19H,6,9,16,21H2,1-2H3,(H,36,38)/b27-18-. The molecule has 0 atom stereocenters. The van der Waals surface area contributed by atoms with Crippen LogP contribution < -0.4 is 10.1 Å². The number of amides is 1. The Kier molecular flexibility index (Phi) is 9.49. The molecule has 1 aromatic heterocycles. The van der Waals surface area contributed by atoms with Crippen molar-refractivity contribution in [2.75, 3.05) is 6.54 Å². The summed E-state index contributed by atoms with van der Waals surface area (Å²) >= 11 is 12.2. The van der Waals surface area contributed by atoms with Gasteiger partial charge < -0.3 is 14.6 Å². The zero-order valence-electron chi connectivity index (χ0n) is 21.9. The van der Waals surface area contributed by atoms with E-state index in [1.165, 1.54) is 5.56 Å². The molecule has 0 saturated heterocycles. The van der Waals surface area contributed by atoms with Crippen molar-refractivity contribution in [1.29, 1.82) is 5.26 Å². The van der Waals surface area contributed by atoms with E-state index in [1.54, 1.807) is 18.2 Å². The normalized spacial score (nSPS) is 11.2. The maximum atomic E-state index is 12.7. The van der Waals surface area contributed by atoms with Crippen LogP contribution in [-0.4, -0.2) is 17.0 Å². The number of ether oxygens (including phenoxy) is 1. The first kappa shape index (κ1) is 28.0. The van der Waals surface area contributed by atoms with E-state index < -0.39 is 0 Å². The molecule has 0 unspecified atom stereocenters. The third-order valence-electron chi connectivity index (χ3n) is 6.41. The van der Waals surface area contributed by atoms with Crippen molar-refractivity contribution in [3.05, 3.63) is 123 Å². The summed E-state index contributed by atoms with van der Waals surface area (Å²) in [6.45, 7) is 4.80. The highest BCUT2D eigenvalue weighted by atomic mass is 35.5. The largest absolute Gasteiger partial charge is 0.489 e. The second kappa shape index (κ2) is 13.2. The van der Waals surface area contributed by atoms with Crippen LogP contribution in [0.1, 0.15) is 34.5 Å².